The first kappa shape index (κ1) is 22.2. The molecule has 162 valence electrons. The van der Waals surface area contributed by atoms with Crippen LogP contribution in [0.4, 0.5) is 0 Å². The molecule has 1 heterocycles. The normalized spacial score (nSPS) is 11.5. The molecule has 1 N–H and O–H groups in total. The molecule has 3 rings (SSSR count). The first-order valence-corrected chi connectivity index (χ1v) is 10.3. The quantitative estimate of drug-likeness (QED) is 0.503. The Kier molecular flexibility index (Phi) is 7.87. The Bertz CT molecular complexity index is 992. The van der Waals surface area contributed by atoms with E-state index in [2.05, 4.69) is 10.3 Å². The first-order valence-electron chi connectivity index (χ1n) is 10.3. The number of methoxy groups -OCH3 is 1. The predicted molar refractivity (Wildman–Crippen MR) is 120 cm³/mol. The largest absolute Gasteiger partial charge is 0.494 e. The van der Waals surface area contributed by atoms with E-state index in [4.69, 9.17) is 14.2 Å². The van der Waals surface area contributed by atoms with Gasteiger partial charge in [0.25, 0.3) is 5.91 Å². The Morgan fingerprint density at radius 2 is 1.84 bits per heavy atom. The molecule has 0 saturated heterocycles. The molecule has 1 amide bonds. The summed E-state index contributed by atoms with van der Waals surface area (Å²) in [4.78, 5) is 16.7. The summed E-state index contributed by atoms with van der Waals surface area (Å²) in [6, 6.07) is 16.5. The van der Waals surface area contributed by atoms with E-state index in [9.17, 15) is 4.79 Å². The number of carbonyl (C=O) groups is 1. The van der Waals surface area contributed by atoms with Crippen LogP contribution >= 0.6 is 0 Å². The number of pyridine rings is 1. The molecule has 6 heteroatoms. The van der Waals surface area contributed by atoms with Crippen LogP contribution in [-0.4, -0.2) is 24.6 Å². The van der Waals surface area contributed by atoms with Crippen molar-refractivity contribution in [2.24, 2.45) is 0 Å². The van der Waals surface area contributed by atoms with E-state index in [1.165, 1.54) is 0 Å². The zero-order chi connectivity index (χ0) is 22.1. The van der Waals surface area contributed by atoms with Crippen LogP contribution in [0.3, 0.4) is 0 Å². The van der Waals surface area contributed by atoms with E-state index >= 15 is 0 Å². The lowest BCUT2D eigenvalue weighted by molar-refractivity contribution is 0.0939. The summed E-state index contributed by atoms with van der Waals surface area (Å²) in [5, 5.41) is 3.03. The second-order valence-corrected chi connectivity index (χ2v) is 7.13. The van der Waals surface area contributed by atoms with Gasteiger partial charge >= 0.3 is 0 Å². The van der Waals surface area contributed by atoms with E-state index in [1.807, 2.05) is 56.3 Å². The fourth-order valence-corrected chi connectivity index (χ4v) is 3.02. The van der Waals surface area contributed by atoms with Crippen molar-refractivity contribution in [3.05, 3.63) is 83.7 Å². The van der Waals surface area contributed by atoms with Crippen LogP contribution in [0.25, 0.3) is 0 Å². The lowest BCUT2D eigenvalue weighted by Gasteiger charge is -2.17. The third-order valence-corrected chi connectivity index (χ3v) is 4.75. The molecule has 2 aromatic carbocycles. The number of hydrogen-bond donors (Lipinski definition) is 1. The van der Waals surface area contributed by atoms with Gasteiger partial charge in [-0.05, 0) is 66.9 Å². The van der Waals surface area contributed by atoms with Crippen LogP contribution in [-0.2, 0) is 6.61 Å². The average Bonchev–Trinajstić information content (AvgIpc) is 2.82. The number of nitrogens with zero attached hydrogens (tertiary/aromatic N) is 1. The lowest BCUT2D eigenvalue weighted by atomic mass is 10.1. The second kappa shape index (κ2) is 11.0. The van der Waals surface area contributed by atoms with Crippen molar-refractivity contribution in [3.8, 4) is 17.2 Å². The van der Waals surface area contributed by atoms with Crippen molar-refractivity contribution < 1.29 is 19.0 Å². The maximum absolute atomic E-state index is 12.7. The van der Waals surface area contributed by atoms with Gasteiger partial charge in [-0.15, -0.1) is 0 Å². The summed E-state index contributed by atoms with van der Waals surface area (Å²) >= 11 is 0. The zero-order valence-corrected chi connectivity index (χ0v) is 18.1. The Morgan fingerprint density at radius 3 is 2.58 bits per heavy atom. The van der Waals surface area contributed by atoms with Gasteiger partial charge in [0, 0.05) is 18.0 Å². The highest BCUT2D eigenvalue weighted by Crippen LogP contribution is 2.31. The molecule has 1 atom stereocenters. The summed E-state index contributed by atoms with van der Waals surface area (Å²) in [6.45, 7) is 5.02. The molecular weight excluding hydrogens is 392 g/mol. The minimum atomic E-state index is -0.212. The van der Waals surface area contributed by atoms with Crippen LogP contribution in [0.1, 0.15) is 47.8 Å². The van der Waals surface area contributed by atoms with Gasteiger partial charge in [0.15, 0.2) is 11.5 Å². The van der Waals surface area contributed by atoms with Crippen molar-refractivity contribution in [3.63, 3.8) is 0 Å². The molecule has 3 aromatic rings. The van der Waals surface area contributed by atoms with Crippen molar-refractivity contribution in [1.82, 2.24) is 10.3 Å². The van der Waals surface area contributed by atoms with Crippen LogP contribution in [0.5, 0.6) is 17.2 Å². The standard InChI is InChI=1S/C25H28N2O4/c1-4-14-30-22-7-5-6-21(15-22)25(28)27-18(2)20-8-9-23(24(16-20)29-3)31-17-19-10-12-26-13-11-19/h5-13,15-16,18H,4,14,17H2,1-3H3,(H,27,28). The zero-order valence-electron chi connectivity index (χ0n) is 18.1. The van der Waals surface area contributed by atoms with Gasteiger partial charge in [-0.3, -0.25) is 9.78 Å². The van der Waals surface area contributed by atoms with E-state index in [0.29, 0.717) is 36.0 Å². The number of nitrogens with one attached hydrogen (secondary N) is 1. The maximum Gasteiger partial charge on any atom is 0.251 e. The molecule has 0 aliphatic carbocycles. The number of benzene rings is 2. The average molecular weight is 421 g/mol. The number of carbonyl (C=O) groups excluding carboxylic acids is 1. The first-order chi connectivity index (χ1) is 15.1. The summed E-state index contributed by atoms with van der Waals surface area (Å²) in [5.74, 6) is 1.79. The highest BCUT2D eigenvalue weighted by Gasteiger charge is 2.15. The number of amides is 1. The molecule has 0 aliphatic rings. The molecule has 1 aromatic heterocycles. The van der Waals surface area contributed by atoms with Crippen LogP contribution in [0.2, 0.25) is 0 Å². The highest BCUT2D eigenvalue weighted by atomic mass is 16.5. The van der Waals surface area contributed by atoms with E-state index in [0.717, 1.165) is 17.5 Å². The Hall–Kier alpha value is -3.54. The number of hydrogen-bond acceptors (Lipinski definition) is 5. The number of rotatable bonds is 10. The molecule has 0 spiro atoms. The summed E-state index contributed by atoms with van der Waals surface area (Å²) in [6.07, 6.45) is 4.38. The molecular formula is C25H28N2O4. The third-order valence-electron chi connectivity index (χ3n) is 4.75. The third kappa shape index (κ3) is 6.22. The molecule has 0 fully saturated rings. The minimum Gasteiger partial charge on any atom is -0.494 e. The monoisotopic (exact) mass is 420 g/mol. The molecule has 0 saturated carbocycles. The fourth-order valence-electron chi connectivity index (χ4n) is 3.02. The Balaban J connectivity index is 1.65. The van der Waals surface area contributed by atoms with Crippen LogP contribution in [0.15, 0.2) is 67.0 Å². The number of ether oxygens (including phenoxy) is 3. The lowest BCUT2D eigenvalue weighted by Crippen LogP contribution is -2.26. The molecule has 0 aliphatic heterocycles. The molecule has 0 radical (unpaired) electrons. The van der Waals surface area contributed by atoms with Gasteiger partial charge in [0.1, 0.15) is 12.4 Å². The summed E-state index contributed by atoms with van der Waals surface area (Å²) in [5.41, 5.74) is 2.50. The van der Waals surface area contributed by atoms with E-state index < -0.39 is 0 Å². The summed E-state index contributed by atoms with van der Waals surface area (Å²) < 4.78 is 17.0. The van der Waals surface area contributed by atoms with Gasteiger partial charge < -0.3 is 19.5 Å². The van der Waals surface area contributed by atoms with Gasteiger partial charge in [0.05, 0.1) is 19.8 Å². The van der Waals surface area contributed by atoms with Crippen LogP contribution < -0.4 is 19.5 Å². The molecule has 6 nitrogen and oxygen atoms in total. The van der Waals surface area contributed by atoms with Gasteiger partial charge in [0.2, 0.25) is 0 Å². The van der Waals surface area contributed by atoms with Crippen molar-refractivity contribution in [2.75, 3.05) is 13.7 Å². The smallest absolute Gasteiger partial charge is 0.251 e. The molecule has 31 heavy (non-hydrogen) atoms. The second-order valence-electron chi connectivity index (χ2n) is 7.13. The molecule has 0 bridgehead atoms. The van der Waals surface area contributed by atoms with Crippen molar-refractivity contribution >= 4 is 5.91 Å². The van der Waals surface area contributed by atoms with Crippen molar-refractivity contribution in [1.29, 1.82) is 0 Å². The minimum absolute atomic E-state index is 0.161. The number of aromatic nitrogens is 1. The predicted octanol–water partition coefficient (Wildman–Crippen LogP) is 4.95. The Morgan fingerprint density at radius 1 is 1.03 bits per heavy atom. The molecule has 1 unspecified atom stereocenters. The van der Waals surface area contributed by atoms with Crippen molar-refractivity contribution in [2.45, 2.75) is 32.9 Å². The fraction of sp³-hybridized carbons (Fsp3) is 0.280. The topological polar surface area (TPSA) is 69.7 Å². The maximum atomic E-state index is 12.7. The Labute approximate surface area is 183 Å². The summed E-state index contributed by atoms with van der Waals surface area (Å²) in [7, 11) is 1.60. The van der Waals surface area contributed by atoms with Gasteiger partial charge in [-0.1, -0.05) is 19.1 Å². The highest BCUT2D eigenvalue weighted by molar-refractivity contribution is 5.94. The van der Waals surface area contributed by atoms with Gasteiger partial charge in [-0.2, -0.15) is 0 Å². The van der Waals surface area contributed by atoms with Crippen LogP contribution in [0, 0.1) is 0 Å². The van der Waals surface area contributed by atoms with Gasteiger partial charge in [-0.25, -0.2) is 0 Å². The van der Waals surface area contributed by atoms with E-state index in [1.54, 1.807) is 31.6 Å². The van der Waals surface area contributed by atoms with E-state index in [-0.39, 0.29) is 11.9 Å². The SMILES string of the molecule is CCCOc1cccc(C(=O)NC(C)c2ccc(OCc3ccncc3)c(OC)c2)c1.